The molecule has 3 amide bonds. The third-order valence-electron chi connectivity index (χ3n) is 4.47. The summed E-state index contributed by atoms with van der Waals surface area (Å²) in [6.07, 6.45) is 0. The molecule has 8 heteroatoms. The Morgan fingerprint density at radius 3 is 2.41 bits per heavy atom. The van der Waals surface area contributed by atoms with Crippen molar-refractivity contribution >= 4 is 40.9 Å². The fourth-order valence-electron chi connectivity index (χ4n) is 2.89. The highest BCUT2D eigenvalue weighted by molar-refractivity contribution is 6.32. The smallest absolute Gasteiger partial charge is 0.325 e. The Balaban J connectivity index is 1.82. The Morgan fingerprint density at radius 2 is 1.81 bits per heavy atom. The summed E-state index contributed by atoms with van der Waals surface area (Å²) in [6.45, 7) is 1.20. The molecule has 0 aromatic heterocycles. The Hall–Kier alpha value is -2.57. The standard InChI is InChI=1S/C19H16Cl2N2O4/c1-19(12-4-6-13(20)7-5-12)17(25)23(18(26)22-19)10-15(24)11-3-8-16(27-2)14(21)9-11/h3-9H,10H2,1-2H3,(H,22,26). The van der Waals surface area contributed by atoms with Gasteiger partial charge in [-0.1, -0.05) is 35.3 Å². The molecular weight excluding hydrogens is 391 g/mol. The lowest BCUT2D eigenvalue weighted by atomic mass is 9.92. The number of methoxy groups -OCH3 is 1. The van der Waals surface area contributed by atoms with Crippen LogP contribution in [0.2, 0.25) is 10.0 Å². The van der Waals surface area contributed by atoms with Gasteiger partial charge in [0.2, 0.25) is 0 Å². The van der Waals surface area contributed by atoms with Crippen molar-refractivity contribution in [2.24, 2.45) is 0 Å². The monoisotopic (exact) mass is 406 g/mol. The molecule has 1 N–H and O–H groups in total. The largest absolute Gasteiger partial charge is 0.495 e. The molecule has 1 atom stereocenters. The average molecular weight is 407 g/mol. The van der Waals surface area contributed by atoms with Crippen molar-refractivity contribution in [3.05, 3.63) is 63.6 Å². The van der Waals surface area contributed by atoms with Gasteiger partial charge in [-0.05, 0) is 42.8 Å². The van der Waals surface area contributed by atoms with Gasteiger partial charge >= 0.3 is 6.03 Å². The number of Topliss-reactive ketones (excluding diaryl/α,β-unsaturated/α-hetero) is 1. The van der Waals surface area contributed by atoms with E-state index in [4.69, 9.17) is 27.9 Å². The molecule has 2 aromatic rings. The van der Waals surface area contributed by atoms with Gasteiger partial charge in [0.25, 0.3) is 5.91 Å². The number of ketones is 1. The minimum atomic E-state index is -1.26. The van der Waals surface area contributed by atoms with Crippen LogP contribution in [0.25, 0.3) is 0 Å². The molecule has 1 fully saturated rings. The van der Waals surface area contributed by atoms with Crippen molar-refractivity contribution in [2.45, 2.75) is 12.5 Å². The first-order chi connectivity index (χ1) is 12.8. The van der Waals surface area contributed by atoms with E-state index in [1.54, 1.807) is 37.3 Å². The second kappa shape index (κ2) is 7.21. The van der Waals surface area contributed by atoms with E-state index in [1.165, 1.54) is 19.2 Å². The van der Waals surface area contributed by atoms with Crippen molar-refractivity contribution < 1.29 is 19.1 Å². The number of imide groups is 1. The summed E-state index contributed by atoms with van der Waals surface area (Å²) >= 11 is 11.9. The predicted molar refractivity (Wildman–Crippen MR) is 101 cm³/mol. The molecule has 1 aliphatic rings. The number of hydrogen-bond donors (Lipinski definition) is 1. The first-order valence-electron chi connectivity index (χ1n) is 8.03. The van der Waals surface area contributed by atoms with Crippen LogP contribution in [0.4, 0.5) is 4.79 Å². The molecule has 0 spiro atoms. The lowest BCUT2D eigenvalue weighted by Gasteiger charge is -2.22. The number of nitrogens with one attached hydrogen (secondary N) is 1. The zero-order chi connectivity index (χ0) is 19.8. The second-order valence-corrected chi connectivity index (χ2v) is 7.07. The summed E-state index contributed by atoms with van der Waals surface area (Å²) in [7, 11) is 1.47. The number of carbonyl (C=O) groups is 3. The number of nitrogens with zero attached hydrogens (tertiary/aromatic N) is 1. The molecule has 6 nitrogen and oxygen atoms in total. The number of amides is 3. The lowest BCUT2D eigenvalue weighted by Crippen LogP contribution is -2.41. The highest BCUT2D eigenvalue weighted by Gasteiger charge is 2.49. The van der Waals surface area contributed by atoms with Crippen LogP contribution in [0.15, 0.2) is 42.5 Å². The van der Waals surface area contributed by atoms with Crippen molar-refractivity contribution in [1.82, 2.24) is 10.2 Å². The SMILES string of the molecule is COc1ccc(C(=O)CN2C(=O)NC(C)(c3ccc(Cl)cc3)C2=O)cc1Cl. The van der Waals surface area contributed by atoms with Crippen LogP contribution < -0.4 is 10.1 Å². The Labute approximate surface area is 166 Å². The molecule has 1 heterocycles. The van der Waals surface area contributed by atoms with Crippen molar-refractivity contribution in [1.29, 1.82) is 0 Å². The van der Waals surface area contributed by atoms with E-state index in [1.807, 2.05) is 0 Å². The molecule has 1 saturated heterocycles. The molecule has 1 unspecified atom stereocenters. The molecule has 1 aliphatic heterocycles. The lowest BCUT2D eigenvalue weighted by molar-refractivity contribution is -0.130. The minimum absolute atomic E-state index is 0.270. The van der Waals surface area contributed by atoms with Gasteiger partial charge in [0.15, 0.2) is 5.78 Å². The Morgan fingerprint density at radius 1 is 1.15 bits per heavy atom. The summed E-state index contributed by atoms with van der Waals surface area (Å²) in [5, 5.41) is 3.43. The molecular formula is C19H16Cl2N2O4. The second-order valence-electron chi connectivity index (χ2n) is 6.23. The van der Waals surface area contributed by atoms with Crippen LogP contribution in [-0.2, 0) is 10.3 Å². The fourth-order valence-corrected chi connectivity index (χ4v) is 3.28. The molecule has 140 valence electrons. The van der Waals surface area contributed by atoms with Gasteiger partial charge in [0.1, 0.15) is 11.3 Å². The Kier molecular flexibility index (Phi) is 5.13. The summed E-state index contributed by atoms with van der Waals surface area (Å²) in [4.78, 5) is 38.7. The van der Waals surface area contributed by atoms with Crippen LogP contribution in [0.1, 0.15) is 22.8 Å². The van der Waals surface area contributed by atoms with E-state index in [2.05, 4.69) is 5.32 Å². The van der Waals surface area contributed by atoms with Crippen molar-refractivity contribution in [2.75, 3.05) is 13.7 Å². The van der Waals surface area contributed by atoms with Crippen LogP contribution >= 0.6 is 23.2 Å². The number of rotatable bonds is 5. The highest BCUT2D eigenvalue weighted by atomic mass is 35.5. The number of urea groups is 1. The zero-order valence-corrected chi connectivity index (χ0v) is 16.1. The number of benzene rings is 2. The highest BCUT2D eigenvalue weighted by Crippen LogP contribution is 2.30. The van der Waals surface area contributed by atoms with Crippen LogP contribution in [-0.4, -0.2) is 36.3 Å². The summed E-state index contributed by atoms with van der Waals surface area (Å²) < 4.78 is 5.05. The third-order valence-corrected chi connectivity index (χ3v) is 5.02. The Bertz CT molecular complexity index is 930. The number of carbonyl (C=O) groups excluding carboxylic acids is 3. The van der Waals surface area contributed by atoms with Gasteiger partial charge in [-0.3, -0.25) is 14.5 Å². The first kappa shape index (κ1) is 19.2. The first-order valence-corrected chi connectivity index (χ1v) is 8.79. The van der Waals surface area contributed by atoms with E-state index < -0.39 is 29.8 Å². The molecule has 0 bridgehead atoms. The van der Waals surface area contributed by atoms with Crippen molar-refractivity contribution in [3.8, 4) is 5.75 Å². The number of halogens is 2. The van der Waals surface area contributed by atoms with Crippen molar-refractivity contribution in [3.63, 3.8) is 0 Å². The normalized spacial score (nSPS) is 19.2. The van der Waals surface area contributed by atoms with Crippen LogP contribution in [0.5, 0.6) is 5.75 Å². The summed E-state index contributed by atoms with van der Waals surface area (Å²) in [5.74, 6) is -0.496. The predicted octanol–water partition coefficient (Wildman–Crippen LogP) is 3.65. The van der Waals surface area contributed by atoms with Gasteiger partial charge in [0.05, 0.1) is 18.7 Å². The maximum Gasteiger partial charge on any atom is 0.325 e. The van der Waals surface area contributed by atoms with Crippen LogP contribution in [0.3, 0.4) is 0 Å². The topological polar surface area (TPSA) is 75.7 Å². The van der Waals surface area contributed by atoms with E-state index in [9.17, 15) is 14.4 Å². The molecule has 27 heavy (non-hydrogen) atoms. The van der Waals surface area contributed by atoms with E-state index in [0.717, 1.165) is 4.90 Å². The summed E-state index contributed by atoms with van der Waals surface area (Å²) in [6, 6.07) is 10.5. The number of hydrogen-bond acceptors (Lipinski definition) is 4. The third kappa shape index (κ3) is 3.50. The van der Waals surface area contributed by atoms with E-state index in [0.29, 0.717) is 16.3 Å². The van der Waals surface area contributed by atoms with Gasteiger partial charge in [-0.2, -0.15) is 0 Å². The van der Waals surface area contributed by atoms with Gasteiger partial charge in [0, 0.05) is 10.6 Å². The number of ether oxygens (including phenoxy) is 1. The zero-order valence-electron chi connectivity index (χ0n) is 14.6. The fraction of sp³-hybridized carbons (Fsp3) is 0.211. The molecule has 0 radical (unpaired) electrons. The quantitative estimate of drug-likeness (QED) is 0.607. The summed E-state index contributed by atoms with van der Waals surface area (Å²) in [5.41, 5.74) is -0.409. The van der Waals surface area contributed by atoms with Gasteiger partial charge < -0.3 is 10.1 Å². The molecule has 0 saturated carbocycles. The van der Waals surface area contributed by atoms with Crippen LogP contribution in [0, 0.1) is 0 Å². The minimum Gasteiger partial charge on any atom is -0.495 e. The van der Waals surface area contributed by atoms with Gasteiger partial charge in [-0.25, -0.2) is 4.79 Å². The average Bonchev–Trinajstić information content (AvgIpc) is 2.86. The maximum absolute atomic E-state index is 12.9. The van der Waals surface area contributed by atoms with E-state index >= 15 is 0 Å². The van der Waals surface area contributed by atoms with Gasteiger partial charge in [-0.15, -0.1) is 0 Å². The molecule has 0 aliphatic carbocycles. The molecule has 3 rings (SSSR count). The molecule has 2 aromatic carbocycles. The van der Waals surface area contributed by atoms with E-state index in [-0.39, 0.29) is 10.6 Å². The maximum atomic E-state index is 12.9.